The van der Waals surface area contributed by atoms with Gasteiger partial charge in [0.1, 0.15) is 5.75 Å². The summed E-state index contributed by atoms with van der Waals surface area (Å²) in [6.07, 6.45) is 3.31. The van der Waals surface area contributed by atoms with Gasteiger partial charge in [-0.2, -0.15) is 13.2 Å². The number of benzene rings is 1. The van der Waals surface area contributed by atoms with Crippen molar-refractivity contribution in [2.45, 2.75) is 35.4 Å². The van der Waals surface area contributed by atoms with Crippen LogP contribution >= 0.6 is 0 Å². The second-order valence-electron chi connectivity index (χ2n) is 6.97. The molecule has 2 aromatic rings. The first kappa shape index (κ1) is 22.3. The minimum Gasteiger partial charge on any atom is -0.494 e. The van der Waals surface area contributed by atoms with Gasteiger partial charge in [0.25, 0.3) is 0 Å². The molecule has 0 fully saturated rings. The van der Waals surface area contributed by atoms with Gasteiger partial charge in [0.15, 0.2) is 5.03 Å². The van der Waals surface area contributed by atoms with Crippen molar-refractivity contribution in [2.24, 2.45) is 0 Å². The van der Waals surface area contributed by atoms with Crippen LogP contribution in [0.2, 0.25) is 0 Å². The van der Waals surface area contributed by atoms with E-state index in [9.17, 15) is 21.6 Å². The van der Waals surface area contributed by atoms with Crippen LogP contribution in [-0.4, -0.2) is 44.5 Å². The van der Waals surface area contributed by atoms with Crippen molar-refractivity contribution in [3.8, 4) is 5.75 Å². The molecule has 0 saturated carbocycles. The summed E-state index contributed by atoms with van der Waals surface area (Å²) in [4.78, 5) is 5.81. The molecule has 0 N–H and O–H groups in total. The Labute approximate surface area is 174 Å². The third-order valence-electron chi connectivity index (χ3n) is 4.75. The Balaban J connectivity index is 1.52. The van der Waals surface area contributed by atoms with E-state index in [1.807, 2.05) is 0 Å². The molecule has 0 aliphatic carbocycles. The van der Waals surface area contributed by atoms with Gasteiger partial charge in [-0.1, -0.05) is 12.2 Å². The molecule has 0 amide bonds. The van der Waals surface area contributed by atoms with Crippen molar-refractivity contribution in [2.75, 3.05) is 26.2 Å². The minimum atomic E-state index is -4.57. The lowest BCUT2D eigenvalue weighted by atomic mass is 10.2. The number of alkyl halides is 3. The number of ether oxygens (including phenoxy) is 1. The van der Waals surface area contributed by atoms with Crippen LogP contribution in [0.25, 0.3) is 0 Å². The smallest absolute Gasteiger partial charge is 0.417 e. The number of rotatable bonds is 8. The first-order valence-corrected chi connectivity index (χ1v) is 11.1. The third-order valence-corrected chi connectivity index (χ3v) is 6.44. The van der Waals surface area contributed by atoms with E-state index in [0.717, 1.165) is 45.0 Å². The predicted octanol–water partition coefficient (Wildman–Crippen LogP) is 4.35. The molecule has 1 aliphatic heterocycles. The van der Waals surface area contributed by atoms with Crippen LogP contribution in [0.15, 0.2) is 64.7 Å². The molecule has 0 spiro atoms. The van der Waals surface area contributed by atoms with Crippen LogP contribution in [0.3, 0.4) is 0 Å². The van der Waals surface area contributed by atoms with E-state index in [4.69, 9.17) is 4.74 Å². The molecule has 162 valence electrons. The molecular formula is C21H23F3N2O3S. The Hall–Kier alpha value is -2.39. The largest absolute Gasteiger partial charge is 0.494 e. The molecule has 2 heterocycles. The molecule has 1 aromatic carbocycles. The van der Waals surface area contributed by atoms with Crippen LogP contribution in [0.4, 0.5) is 13.2 Å². The lowest BCUT2D eigenvalue weighted by Gasteiger charge is -2.22. The Morgan fingerprint density at radius 1 is 1.03 bits per heavy atom. The fraction of sp³-hybridized carbons (Fsp3) is 0.381. The molecule has 1 aliphatic rings. The van der Waals surface area contributed by atoms with Crippen molar-refractivity contribution in [3.63, 3.8) is 0 Å². The van der Waals surface area contributed by atoms with E-state index in [-0.39, 0.29) is 4.90 Å². The molecule has 9 heteroatoms. The van der Waals surface area contributed by atoms with E-state index >= 15 is 0 Å². The quantitative estimate of drug-likeness (QED) is 0.451. The molecule has 0 unspecified atom stereocenters. The second kappa shape index (κ2) is 9.61. The molecule has 3 rings (SSSR count). The maximum absolute atomic E-state index is 12.6. The Morgan fingerprint density at radius 3 is 2.40 bits per heavy atom. The van der Waals surface area contributed by atoms with Crippen molar-refractivity contribution >= 4 is 9.84 Å². The van der Waals surface area contributed by atoms with Crippen molar-refractivity contribution in [3.05, 3.63) is 60.3 Å². The summed E-state index contributed by atoms with van der Waals surface area (Å²) in [6.45, 7) is 3.62. The third kappa shape index (κ3) is 5.82. The molecule has 30 heavy (non-hydrogen) atoms. The highest BCUT2D eigenvalue weighted by Gasteiger charge is 2.31. The topological polar surface area (TPSA) is 59.5 Å². The zero-order chi connectivity index (χ0) is 21.6. The molecule has 0 atom stereocenters. The monoisotopic (exact) mass is 440 g/mol. The Morgan fingerprint density at radius 2 is 1.80 bits per heavy atom. The molecular weight excluding hydrogens is 417 g/mol. The summed E-state index contributed by atoms with van der Waals surface area (Å²) in [5.74, 6) is 0.537. The van der Waals surface area contributed by atoms with E-state index < -0.39 is 26.6 Å². The number of unbranched alkanes of at least 4 members (excludes halogenated alkanes) is 1. The van der Waals surface area contributed by atoms with Gasteiger partial charge in [-0.05, 0) is 62.2 Å². The second-order valence-corrected chi connectivity index (χ2v) is 8.87. The highest BCUT2D eigenvalue weighted by Crippen LogP contribution is 2.30. The van der Waals surface area contributed by atoms with Gasteiger partial charge in [0, 0.05) is 19.3 Å². The van der Waals surface area contributed by atoms with E-state index in [2.05, 4.69) is 22.0 Å². The van der Waals surface area contributed by atoms with Crippen molar-refractivity contribution in [1.82, 2.24) is 9.88 Å². The number of hydrogen-bond acceptors (Lipinski definition) is 5. The maximum atomic E-state index is 12.6. The average molecular weight is 440 g/mol. The summed E-state index contributed by atoms with van der Waals surface area (Å²) in [6, 6.07) is 7.37. The average Bonchev–Trinajstić information content (AvgIpc) is 2.74. The summed E-state index contributed by atoms with van der Waals surface area (Å²) >= 11 is 0. The zero-order valence-corrected chi connectivity index (χ0v) is 17.1. The standard InChI is InChI=1S/C21H23F3N2O3S/c22-21(23,24)17-6-11-20(25-16-17)30(27,28)19-9-7-18(8-10-19)29-15-5-4-14-26-12-2-1-3-13-26/h1-2,6-11,16H,3-5,12-15H2. The van der Waals surface area contributed by atoms with Gasteiger partial charge in [0.05, 0.1) is 17.1 Å². The maximum Gasteiger partial charge on any atom is 0.417 e. The fourth-order valence-corrected chi connectivity index (χ4v) is 4.24. The minimum absolute atomic E-state index is 0.0553. The summed E-state index contributed by atoms with van der Waals surface area (Å²) in [7, 11) is -4.00. The first-order chi connectivity index (χ1) is 14.3. The molecule has 0 radical (unpaired) electrons. The SMILES string of the molecule is O=S(=O)(c1ccc(OCCCCN2CC=CCC2)cc1)c1ccc(C(F)(F)F)cn1. The van der Waals surface area contributed by atoms with Crippen molar-refractivity contribution in [1.29, 1.82) is 0 Å². The number of halogens is 3. The van der Waals surface area contributed by atoms with E-state index in [1.54, 1.807) is 0 Å². The van der Waals surface area contributed by atoms with Crippen LogP contribution in [0, 0.1) is 0 Å². The number of hydrogen-bond donors (Lipinski definition) is 0. The Bertz CT molecular complexity index is 956. The summed E-state index contributed by atoms with van der Waals surface area (Å²) in [5.41, 5.74) is -0.998. The highest BCUT2D eigenvalue weighted by atomic mass is 32.2. The van der Waals surface area contributed by atoms with Gasteiger partial charge in [-0.25, -0.2) is 13.4 Å². The normalized spacial score (nSPS) is 15.3. The van der Waals surface area contributed by atoms with Gasteiger partial charge in [0.2, 0.25) is 9.84 Å². The van der Waals surface area contributed by atoms with E-state index in [1.165, 1.54) is 24.3 Å². The van der Waals surface area contributed by atoms with Gasteiger partial charge >= 0.3 is 6.18 Å². The number of sulfone groups is 1. The first-order valence-electron chi connectivity index (χ1n) is 9.65. The van der Waals surface area contributed by atoms with Crippen LogP contribution in [0.5, 0.6) is 5.75 Å². The van der Waals surface area contributed by atoms with Gasteiger partial charge < -0.3 is 4.74 Å². The van der Waals surface area contributed by atoms with Crippen LogP contribution in [0.1, 0.15) is 24.8 Å². The van der Waals surface area contributed by atoms with E-state index in [0.29, 0.717) is 24.6 Å². The van der Waals surface area contributed by atoms with Crippen LogP contribution in [-0.2, 0) is 16.0 Å². The van der Waals surface area contributed by atoms with Crippen molar-refractivity contribution < 1.29 is 26.3 Å². The lowest BCUT2D eigenvalue weighted by molar-refractivity contribution is -0.137. The predicted molar refractivity (Wildman–Crippen MR) is 106 cm³/mol. The van der Waals surface area contributed by atoms with Gasteiger partial charge in [-0.3, -0.25) is 4.90 Å². The molecule has 5 nitrogen and oxygen atoms in total. The molecule has 1 aromatic heterocycles. The number of aromatic nitrogens is 1. The lowest BCUT2D eigenvalue weighted by Crippen LogP contribution is -2.28. The van der Waals surface area contributed by atoms with Crippen LogP contribution < -0.4 is 4.74 Å². The Kier molecular flexibility index (Phi) is 7.14. The number of pyridine rings is 1. The number of nitrogens with zero attached hydrogens (tertiary/aromatic N) is 2. The van der Waals surface area contributed by atoms with Gasteiger partial charge in [-0.15, -0.1) is 0 Å². The summed E-state index contributed by atoms with van der Waals surface area (Å²) in [5, 5.41) is -0.434. The molecule has 0 saturated heterocycles. The highest BCUT2D eigenvalue weighted by molar-refractivity contribution is 7.91. The summed E-state index contributed by atoms with van der Waals surface area (Å²) < 4.78 is 68.6. The fourth-order valence-electron chi connectivity index (χ4n) is 3.06. The molecule has 0 bridgehead atoms. The zero-order valence-electron chi connectivity index (χ0n) is 16.3.